The van der Waals surface area contributed by atoms with Crippen LogP contribution in [0.4, 0.5) is 10.1 Å². The van der Waals surface area contributed by atoms with Crippen LogP contribution in [-0.2, 0) is 4.79 Å². The molecule has 0 atom stereocenters. The average Bonchev–Trinajstić information content (AvgIpc) is 2.46. The second-order valence-corrected chi connectivity index (χ2v) is 4.56. The summed E-state index contributed by atoms with van der Waals surface area (Å²) in [5, 5.41) is 9.40. The van der Waals surface area contributed by atoms with Crippen molar-refractivity contribution in [1.29, 1.82) is 0 Å². The molecule has 1 N–H and O–H groups in total. The standard InChI is InChI=1S/C14H10ClFN2O3/c15-9-1-4-11(5-2-9)18(8-13(19)20)14(21)12-6-3-10(16)7-17-12/h1-7H,8H2,(H,19,20). The van der Waals surface area contributed by atoms with E-state index in [1.54, 1.807) is 0 Å². The molecular formula is C14H10ClFN2O3. The Morgan fingerprint density at radius 1 is 1.19 bits per heavy atom. The van der Waals surface area contributed by atoms with Gasteiger partial charge < -0.3 is 5.11 Å². The van der Waals surface area contributed by atoms with Crippen LogP contribution in [0.5, 0.6) is 0 Å². The predicted molar refractivity (Wildman–Crippen MR) is 75.0 cm³/mol. The Morgan fingerprint density at radius 2 is 1.86 bits per heavy atom. The summed E-state index contributed by atoms with van der Waals surface area (Å²) in [7, 11) is 0. The van der Waals surface area contributed by atoms with Crippen LogP contribution < -0.4 is 4.90 Å². The first kappa shape index (κ1) is 14.9. The first-order chi connectivity index (χ1) is 9.97. The number of pyridine rings is 1. The average molecular weight is 309 g/mol. The Morgan fingerprint density at radius 3 is 2.38 bits per heavy atom. The van der Waals surface area contributed by atoms with E-state index in [0.717, 1.165) is 17.2 Å². The number of carboxylic acid groups (broad SMARTS) is 1. The van der Waals surface area contributed by atoms with Gasteiger partial charge in [-0.15, -0.1) is 0 Å². The summed E-state index contributed by atoms with van der Waals surface area (Å²) in [6.07, 6.45) is 0.897. The first-order valence-electron chi connectivity index (χ1n) is 5.88. The van der Waals surface area contributed by atoms with E-state index >= 15 is 0 Å². The molecular weight excluding hydrogens is 299 g/mol. The zero-order valence-electron chi connectivity index (χ0n) is 10.7. The normalized spacial score (nSPS) is 10.2. The number of aromatic nitrogens is 1. The van der Waals surface area contributed by atoms with Gasteiger partial charge in [0.1, 0.15) is 18.1 Å². The van der Waals surface area contributed by atoms with Gasteiger partial charge in [-0.3, -0.25) is 14.5 Å². The van der Waals surface area contributed by atoms with Crippen molar-refractivity contribution in [2.24, 2.45) is 0 Å². The number of hydrogen-bond donors (Lipinski definition) is 1. The number of benzene rings is 1. The quantitative estimate of drug-likeness (QED) is 0.942. The second-order valence-electron chi connectivity index (χ2n) is 4.12. The van der Waals surface area contributed by atoms with Crippen molar-refractivity contribution in [2.75, 3.05) is 11.4 Å². The van der Waals surface area contributed by atoms with Crippen molar-refractivity contribution in [2.45, 2.75) is 0 Å². The van der Waals surface area contributed by atoms with Crippen molar-refractivity contribution < 1.29 is 19.1 Å². The lowest BCUT2D eigenvalue weighted by Gasteiger charge is -2.20. The van der Waals surface area contributed by atoms with E-state index in [-0.39, 0.29) is 5.69 Å². The summed E-state index contributed by atoms with van der Waals surface area (Å²) in [6, 6.07) is 8.40. The third kappa shape index (κ3) is 3.76. The molecule has 1 aromatic carbocycles. The number of halogens is 2. The van der Waals surface area contributed by atoms with Gasteiger partial charge in [-0.05, 0) is 36.4 Å². The molecule has 0 saturated heterocycles. The van der Waals surface area contributed by atoms with Gasteiger partial charge >= 0.3 is 5.97 Å². The maximum absolute atomic E-state index is 12.8. The molecule has 108 valence electrons. The fourth-order valence-corrected chi connectivity index (χ4v) is 1.80. The van der Waals surface area contributed by atoms with Crippen LogP contribution in [-0.4, -0.2) is 28.5 Å². The highest BCUT2D eigenvalue weighted by atomic mass is 35.5. The minimum atomic E-state index is -1.18. The molecule has 0 fully saturated rings. The van der Waals surface area contributed by atoms with Crippen LogP contribution in [0.1, 0.15) is 10.5 Å². The van der Waals surface area contributed by atoms with Gasteiger partial charge in [0.05, 0.1) is 6.20 Å². The van der Waals surface area contributed by atoms with Crippen LogP contribution in [0, 0.1) is 5.82 Å². The Balaban J connectivity index is 2.35. The molecule has 0 aliphatic carbocycles. The lowest BCUT2D eigenvalue weighted by Crippen LogP contribution is -2.36. The number of hydrogen-bond acceptors (Lipinski definition) is 3. The lowest BCUT2D eigenvalue weighted by molar-refractivity contribution is -0.135. The van der Waals surface area contributed by atoms with E-state index in [0.29, 0.717) is 10.7 Å². The zero-order chi connectivity index (χ0) is 15.4. The molecule has 2 aromatic rings. The number of amides is 1. The maximum Gasteiger partial charge on any atom is 0.323 e. The molecule has 0 aliphatic heterocycles. The summed E-state index contributed by atoms with van der Waals surface area (Å²) in [5.74, 6) is -2.40. The summed E-state index contributed by atoms with van der Waals surface area (Å²) in [6.45, 7) is -0.542. The SMILES string of the molecule is O=C(O)CN(C(=O)c1ccc(F)cn1)c1ccc(Cl)cc1. The maximum atomic E-state index is 12.8. The molecule has 7 heteroatoms. The van der Waals surface area contributed by atoms with Crippen LogP contribution in [0.3, 0.4) is 0 Å². The van der Waals surface area contributed by atoms with Crippen LogP contribution in [0.25, 0.3) is 0 Å². The molecule has 0 unspecified atom stereocenters. The highest BCUT2D eigenvalue weighted by molar-refractivity contribution is 6.30. The molecule has 0 saturated carbocycles. The number of carbonyl (C=O) groups is 2. The molecule has 1 aromatic heterocycles. The smallest absolute Gasteiger partial charge is 0.323 e. The monoisotopic (exact) mass is 308 g/mol. The van der Waals surface area contributed by atoms with Gasteiger partial charge in [0, 0.05) is 10.7 Å². The van der Waals surface area contributed by atoms with Crippen LogP contribution >= 0.6 is 11.6 Å². The number of nitrogens with zero attached hydrogens (tertiary/aromatic N) is 2. The van der Waals surface area contributed by atoms with Crippen LogP contribution in [0.2, 0.25) is 5.02 Å². The number of carboxylic acids is 1. The van der Waals surface area contributed by atoms with Crippen molar-refractivity contribution in [3.63, 3.8) is 0 Å². The highest BCUT2D eigenvalue weighted by Gasteiger charge is 2.21. The molecule has 0 radical (unpaired) electrons. The minimum absolute atomic E-state index is 0.0485. The van der Waals surface area contributed by atoms with Crippen LogP contribution in [0.15, 0.2) is 42.6 Å². The van der Waals surface area contributed by atoms with Gasteiger partial charge in [0.25, 0.3) is 5.91 Å². The van der Waals surface area contributed by atoms with E-state index < -0.39 is 24.2 Å². The van der Waals surface area contributed by atoms with E-state index in [2.05, 4.69) is 4.98 Å². The summed E-state index contributed by atoms with van der Waals surface area (Å²) in [4.78, 5) is 28.0. The van der Waals surface area contributed by atoms with E-state index in [1.165, 1.54) is 30.3 Å². The molecule has 1 heterocycles. The molecule has 0 spiro atoms. The Kier molecular flexibility index (Phi) is 4.49. The van der Waals surface area contributed by atoms with Gasteiger partial charge in [-0.25, -0.2) is 9.37 Å². The van der Waals surface area contributed by atoms with E-state index in [9.17, 15) is 14.0 Å². The van der Waals surface area contributed by atoms with Crippen molar-refractivity contribution >= 4 is 29.2 Å². The second kappa shape index (κ2) is 6.32. The zero-order valence-corrected chi connectivity index (χ0v) is 11.4. The van der Waals surface area contributed by atoms with Crippen molar-refractivity contribution in [1.82, 2.24) is 4.98 Å². The summed E-state index contributed by atoms with van der Waals surface area (Å²) in [5.41, 5.74) is 0.311. The molecule has 21 heavy (non-hydrogen) atoms. The summed E-state index contributed by atoms with van der Waals surface area (Å²) >= 11 is 5.76. The minimum Gasteiger partial charge on any atom is -0.480 e. The summed E-state index contributed by atoms with van der Waals surface area (Å²) < 4.78 is 12.8. The van der Waals surface area contributed by atoms with Gasteiger partial charge in [0.15, 0.2) is 0 Å². The first-order valence-corrected chi connectivity index (χ1v) is 6.26. The number of rotatable bonds is 4. The van der Waals surface area contributed by atoms with E-state index in [1.807, 2.05) is 0 Å². The number of anilines is 1. The van der Waals surface area contributed by atoms with Gasteiger partial charge in [0.2, 0.25) is 0 Å². The lowest BCUT2D eigenvalue weighted by atomic mass is 10.2. The molecule has 2 rings (SSSR count). The fraction of sp³-hybridized carbons (Fsp3) is 0.0714. The fourth-order valence-electron chi connectivity index (χ4n) is 1.68. The topological polar surface area (TPSA) is 70.5 Å². The number of carbonyl (C=O) groups excluding carboxylic acids is 1. The van der Waals surface area contributed by atoms with Crippen molar-refractivity contribution in [3.8, 4) is 0 Å². The largest absolute Gasteiger partial charge is 0.480 e. The van der Waals surface area contributed by atoms with Gasteiger partial charge in [-0.1, -0.05) is 11.6 Å². The molecule has 0 bridgehead atoms. The third-order valence-electron chi connectivity index (χ3n) is 2.62. The predicted octanol–water partition coefficient (Wildman–Crippen LogP) is 2.61. The van der Waals surface area contributed by atoms with Gasteiger partial charge in [-0.2, -0.15) is 0 Å². The Hall–Kier alpha value is -2.47. The van der Waals surface area contributed by atoms with Crippen molar-refractivity contribution in [3.05, 3.63) is 59.1 Å². The molecule has 5 nitrogen and oxygen atoms in total. The third-order valence-corrected chi connectivity index (χ3v) is 2.88. The molecule has 0 aliphatic rings. The Bertz CT molecular complexity index is 659. The molecule has 1 amide bonds. The highest BCUT2D eigenvalue weighted by Crippen LogP contribution is 2.19. The van der Waals surface area contributed by atoms with E-state index in [4.69, 9.17) is 16.7 Å². The number of aliphatic carboxylic acids is 1. The Labute approximate surface area is 124 Å².